The molecule has 0 aromatic heterocycles. The molecule has 1 fully saturated rings. The number of carbonyl (C=O) groups is 1. The SMILES string of the molecule is CCC(CCCOc1ccc(F)cc1)(NC1CC1)C(=O)O. The molecule has 1 aromatic rings. The summed E-state index contributed by atoms with van der Waals surface area (Å²) in [6.07, 6.45) is 3.82. The minimum Gasteiger partial charge on any atom is -0.494 e. The standard InChI is InChI=1S/C16H22FNO3/c1-2-16(15(19)20,18-13-6-7-13)10-3-11-21-14-8-4-12(17)5-9-14/h4-5,8-9,13,18H,2-3,6-7,10-11H2,1H3,(H,19,20). The number of carboxylic acids is 1. The molecule has 0 bridgehead atoms. The molecule has 116 valence electrons. The molecule has 1 unspecified atom stereocenters. The Kier molecular flexibility index (Phi) is 5.17. The Morgan fingerprint density at radius 1 is 1.43 bits per heavy atom. The summed E-state index contributed by atoms with van der Waals surface area (Å²) in [6.45, 7) is 2.32. The average molecular weight is 295 g/mol. The van der Waals surface area contributed by atoms with Gasteiger partial charge in [0.15, 0.2) is 0 Å². The van der Waals surface area contributed by atoms with E-state index in [0.29, 0.717) is 37.7 Å². The highest BCUT2D eigenvalue weighted by atomic mass is 19.1. The fourth-order valence-corrected chi connectivity index (χ4v) is 2.38. The normalized spacial score (nSPS) is 17.2. The van der Waals surface area contributed by atoms with Crippen molar-refractivity contribution in [1.29, 1.82) is 0 Å². The quantitative estimate of drug-likeness (QED) is 0.688. The Labute approximate surface area is 124 Å². The van der Waals surface area contributed by atoms with Crippen molar-refractivity contribution in [1.82, 2.24) is 5.32 Å². The van der Waals surface area contributed by atoms with Gasteiger partial charge in [0.05, 0.1) is 6.61 Å². The summed E-state index contributed by atoms with van der Waals surface area (Å²) in [6, 6.07) is 6.18. The molecule has 0 radical (unpaired) electrons. The maximum absolute atomic E-state index is 12.8. The van der Waals surface area contributed by atoms with Gasteiger partial charge in [0, 0.05) is 6.04 Å². The Bertz CT molecular complexity index is 473. The molecule has 21 heavy (non-hydrogen) atoms. The molecule has 2 N–H and O–H groups in total. The first-order valence-corrected chi connectivity index (χ1v) is 7.45. The first kappa shape index (κ1) is 15.8. The van der Waals surface area contributed by atoms with Crippen LogP contribution in [0.2, 0.25) is 0 Å². The van der Waals surface area contributed by atoms with Crippen LogP contribution in [0.15, 0.2) is 24.3 Å². The molecule has 5 heteroatoms. The molecular weight excluding hydrogens is 273 g/mol. The summed E-state index contributed by atoms with van der Waals surface area (Å²) >= 11 is 0. The predicted molar refractivity (Wildman–Crippen MR) is 77.9 cm³/mol. The summed E-state index contributed by atoms with van der Waals surface area (Å²) in [5.41, 5.74) is -0.854. The highest BCUT2D eigenvalue weighted by molar-refractivity contribution is 5.78. The van der Waals surface area contributed by atoms with Gasteiger partial charge in [-0.05, 0) is 56.4 Å². The zero-order valence-electron chi connectivity index (χ0n) is 12.3. The Morgan fingerprint density at radius 3 is 2.62 bits per heavy atom. The van der Waals surface area contributed by atoms with Crippen LogP contribution < -0.4 is 10.1 Å². The lowest BCUT2D eigenvalue weighted by Crippen LogP contribution is -2.52. The lowest BCUT2D eigenvalue weighted by Gasteiger charge is -2.29. The Balaban J connectivity index is 1.81. The number of carboxylic acid groups (broad SMARTS) is 1. The molecule has 0 saturated heterocycles. The molecule has 0 amide bonds. The van der Waals surface area contributed by atoms with Crippen LogP contribution in [0, 0.1) is 5.82 Å². The van der Waals surface area contributed by atoms with Gasteiger partial charge in [-0.1, -0.05) is 6.92 Å². The van der Waals surface area contributed by atoms with Crippen LogP contribution in [0.4, 0.5) is 4.39 Å². The monoisotopic (exact) mass is 295 g/mol. The molecule has 1 aromatic carbocycles. The van der Waals surface area contributed by atoms with Gasteiger partial charge in [-0.25, -0.2) is 4.39 Å². The second kappa shape index (κ2) is 6.89. The lowest BCUT2D eigenvalue weighted by atomic mass is 9.90. The van der Waals surface area contributed by atoms with Crippen LogP contribution in [0.1, 0.15) is 39.0 Å². The van der Waals surface area contributed by atoms with Crippen LogP contribution in [0.3, 0.4) is 0 Å². The molecule has 4 nitrogen and oxygen atoms in total. The lowest BCUT2D eigenvalue weighted by molar-refractivity contribution is -0.145. The molecule has 1 atom stereocenters. The second-order valence-electron chi connectivity index (χ2n) is 5.57. The first-order valence-electron chi connectivity index (χ1n) is 7.45. The van der Waals surface area contributed by atoms with E-state index in [2.05, 4.69) is 5.32 Å². The van der Waals surface area contributed by atoms with Crippen molar-refractivity contribution in [3.63, 3.8) is 0 Å². The van der Waals surface area contributed by atoms with E-state index in [4.69, 9.17) is 4.74 Å². The summed E-state index contributed by atoms with van der Waals surface area (Å²) < 4.78 is 18.3. The number of nitrogens with one attached hydrogen (secondary N) is 1. The van der Waals surface area contributed by atoms with Crippen molar-refractivity contribution >= 4 is 5.97 Å². The van der Waals surface area contributed by atoms with E-state index in [1.54, 1.807) is 12.1 Å². The molecule has 0 spiro atoms. The third-order valence-electron chi connectivity index (χ3n) is 3.90. The minimum atomic E-state index is -0.854. The van der Waals surface area contributed by atoms with Crippen molar-refractivity contribution in [3.05, 3.63) is 30.1 Å². The number of aliphatic carboxylic acids is 1. The molecule has 1 aliphatic rings. The number of halogens is 1. The van der Waals surface area contributed by atoms with Gasteiger partial charge in [0.1, 0.15) is 17.1 Å². The summed E-state index contributed by atoms with van der Waals surface area (Å²) in [5.74, 6) is -0.491. The topological polar surface area (TPSA) is 58.6 Å². The summed E-state index contributed by atoms with van der Waals surface area (Å²) in [4.78, 5) is 11.6. The van der Waals surface area contributed by atoms with Crippen LogP contribution in [0.25, 0.3) is 0 Å². The minimum absolute atomic E-state index is 0.299. The van der Waals surface area contributed by atoms with Gasteiger partial charge in [-0.2, -0.15) is 0 Å². The molecule has 1 aliphatic carbocycles. The molecule has 0 aliphatic heterocycles. The van der Waals surface area contributed by atoms with E-state index in [1.807, 2.05) is 6.92 Å². The van der Waals surface area contributed by atoms with E-state index < -0.39 is 11.5 Å². The van der Waals surface area contributed by atoms with Crippen molar-refractivity contribution in [2.75, 3.05) is 6.61 Å². The number of rotatable bonds is 9. The van der Waals surface area contributed by atoms with Gasteiger partial charge in [-0.3, -0.25) is 10.1 Å². The number of hydrogen-bond acceptors (Lipinski definition) is 3. The van der Waals surface area contributed by atoms with E-state index in [-0.39, 0.29) is 5.82 Å². The maximum Gasteiger partial charge on any atom is 0.323 e. The van der Waals surface area contributed by atoms with Crippen LogP contribution >= 0.6 is 0 Å². The number of benzene rings is 1. The highest BCUT2D eigenvalue weighted by Gasteiger charge is 2.40. The fourth-order valence-electron chi connectivity index (χ4n) is 2.38. The molecule has 1 saturated carbocycles. The van der Waals surface area contributed by atoms with Gasteiger partial charge < -0.3 is 9.84 Å². The van der Waals surface area contributed by atoms with Gasteiger partial charge in [0.2, 0.25) is 0 Å². The van der Waals surface area contributed by atoms with E-state index in [1.165, 1.54) is 12.1 Å². The summed E-state index contributed by atoms with van der Waals surface area (Å²) in [5, 5.41) is 12.8. The van der Waals surface area contributed by atoms with Gasteiger partial charge in [0.25, 0.3) is 0 Å². The number of ether oxygens (including phenoxy) is 1. The third-order valence-corrected chi connectivity index (χ3v) is 3.90. The van der Waals surface area contributed by atoms with Crippen molar-refractivity contribution in [3.8, 4) is 5.75 Å². The van der Waals surface area contributed by atoms with Crippen molar-refractivity contribution in [2.45, 2.75) is 50.6 Å². The fraction of sp³-hybridized carbons (Fsp3) is 0.562. The summed E-state index contributed by atoms with van der Waals surface area (Å²) in [7, 11) is 0. The van der Waals surface area contributed by atoms with Crippen molar-refractivity contribution in [2.24, 2.45) is 0 Å². The maximum atomic E-state index is 12.8. The predicted octanol–water partition coefficient (Wildman–Crippen LogP) is 2.97. The third kappa shape index (κ3) is 4.43. The second-order valence-corrected chi connectivity index (χ2v) is 5.57. The Morgan fingerprint density at radius 2 is 2.10 bits per heavy atom. The van der Waals surface area contributed by atoms with Crippen molar-refractivity contribution < 1.29 is 19.0 Å². The number of hydrogen-bond donors (Lipinski definition) is 2. The van der Waals surface area contributed by atoms with Crippen LogP contribution in [0.5, 0.6) is 5.75 Å². The average Bonchev–Trinajstić information content (AvgIpc) is 3.27. The zero-order valence-corrected chi connectivity index (χ0v) is 12.3. The molecular formula is C16H22FNO3. The molecule has 2 rings (SSSR count). The smallest absolute Gasteiger partial charge is 0.323 e. The van der Waals surface area contributed by atoms with Gasteiger partial charge in [-0.15, -0.1) is 0 Å². The van der Waals surface area contributed by atoms with E-state index in [9.17, 15) is 14.3 Å². The van der Waals surface area contributed by atoms with E-state index >= 15 is 0 Å². The Hall–Kier alpha value is -1.62. The largest absolute Gasteiger partial charge is 0.494 e. The van der Waals surface area contributed by atoms with Crippen LogP contribution in [-0.4, -0.2) is 29.3 Å². The highest BCUT2D eigenvalue weighted by Crippen LogP contribution is 2.27. The van der Waals surface area contributed by atoms with E-state index in [0.717, 1.165) is 12.8 Å². The van der Waals surface area contributed by atoms with Crippen LogP contribution in [-0.2, 0) is 4.79 Å². The molecule has 0 heterocycles. The zero-order chi connectivity index (χ0) is 15.3. The van der Waals surface area contributed by atoms with Gasteiger partial charge >= 0.3 is 5.97 Å². The first-order chi connectivity index (χ1) is 10.1.